The molecule has 140 valence electrons. The van der Waals surface area contributed by atoms with E-state index < -0.39 is 17.5 Å². The first kappa shape index (κ1) is 18.7. The highest BCUT2D eigenvalue weighted by atomic mass is 35.5. The number of hydrogen-bond acceptors (Lipinski definition) is 3. The molecule has 3 rings (SSSR count). The first-order chi connectivity index (χ1) is 12.3. The van der Waals surface area contributed by atoms with E-state index in [9.17, 15) is 14.4 Å². The number of carbonyl (C=O) groups excluding carboxylic acids is 3. The van der Waals surface area contributed by atoms with Crippen LogP contribution in [0.5, 0.6) is 0 Å². The number of urea groups is 1. The van der Waals surface area contributed by atoms with Crippen molar-refractivity contribution in [2.24, 2.45) is 5.92 Å². The highest BCUT2D eigenvalue weighted by Gasteiger charge is 2.52. The SMILES string of the molecule is CCC1CCC2(CC1)NC(=O)N(CC(=O)Nc1ccc(C)c(Cl)c1)C2=O. The molecule has 1 aromatic carbocycles. The molecule has 6 nitrogen and oxygen atoms in total. The molecular weight excluding hydrogens is 354 g/mol. The zero-order valence-electron chi connectivity index (χ0n) is 15.1. The Morgan fingerprint density at radius 3 is 2.65 bits per heavy atom. The molecule has 1 heterocycles. The highest BCUT2D eigenvalue weighted by molar-refractivity contribution is 6.31. The number of nitrogens with one attached hydrogen (secondary N) is 2. The van der Waals surface area contributed by atoms with Crippen LogP contribution in [0, 0.1) is 12.8 Å². The Balaban J connectivity index is 1.64. The molecule has 4 amide bonds. The van der Waals surface area contributed by atoms with Gasteiger partial charge in [-0.25, -0.2) is 4.79 Å². The van der Waals surface area contributed by atoms with Crippen LogP contribution < -0.4 is 10.6 Å². The molecule has 1 saturated carbocycles. The van der Waals surface area contributed by atoms with Gasteiger partial charge in [0.25, 0.3) is 5.91 Å². The fourth-order valence-electron chi connectivity index (χ4n) is 3.75. The largest absolute Gasteiger partial charge is 0.325 e. The van der Waals surface area contributed by atoms with E-state index in [0.29, 0.717) is 29.5 Å². The molecule has 1 aliphatic heterocycles. The van der Waals surface area contributed by atoms with Gasteiger partial charge < -0.3 is 10.6 Å². The third-order valence-electron chi connectivity index (χ3n) is 5.54. The van der Waals surface area contributed by atoms with E-state index in [2.05, 4.69) is 17.6 Å². The molecule has 1 saturated heterocycles. The van der Waals surface area contributed by atoms with Crippen LogP contribution in [0.3, 0.4) is 0 Å². The molecule has 0 atom stereocenters. The van der Waals surface area contributed by atoms with Crippen LogP contribution in [-0.4, -0.2) is 34.8 Å². The number of halogens is 1. The zero-order valence-corrected chi connectivity index (χ0v) is 15.9. The van der Waals surface area contributed by atoms with Crippen molar-refractivity contribution in [3.05, 3.63) is 28.8 Å². The predicted octanol–water partition coefficient (Wildman–Crippen LogP) is 3.48. The number of amides is 4. The number of anilines is 1. The molecule has 1 aromatic rings. The molecule has 1 aliphatic carbocycles. The van der Waals surface area contributed by atoms with Crippen LogP contribution in [-0.2, 0) is 9.59 Å². The van der Waals surface area contributed by atoms with Crippen LogP contribution in [0.25, 0.3) is 0 Å². The van der Waals surface area contributed by atoms with E-state index in [1.807, 2.05) is 6.92 Å². The number of nitrogens with zero attached hydrogens (tertiary/aromatic N) is 1. The molecule has 26 heavy (non-hydrogen) atoms. The lowest BCUT2D eigenvalue weighted by Gasteiger charge is -2.34. The van der Waals surface area contributed by atoms with Gasteiger partial charge in [-0.15, -0.1) is 0 Å². The zero-order chi connectivity index (χ0) is 18.9. The lowest BCUT2D eigenvalue weighted by molar-refractivity contribution is -0.135. The van der Waals surface area contributed by atoms with Crippen molar-refractivity contribution in [3.63, 3.8) is 0 Å². The van der Waals surface area contributed by atoms with Crippen LogP contribution in [0.2, 0.25) is 5.02 Å². The molecular formula is C19H24ClN3O3. The fraction of sp³-hybridized carbons (Fsp3) is 0.526. The molecule has 0 aromatic heterocycles. The summed E-state index contributed by atoms with van der Waals surface area (Å²) in [5, 5.41) is 6.07. The van der Waals surface area contributed by atoms with Crippen LogP contribution in [0.15, 0.2) is 18.2 Å². The van der Waals surface area contributed by atoms with E-state index in [1.165, 1.54) is 0 Å². The van der Waals surface area contributed by atoms with E-state index in [1.54, 1.807) is 18.2 Å². The van der Waals surface area contributed by atoms with Crippen LogP contribution >= 0.6 is 11.6 Å². The minimum atomic E-state index is -0.823. The van der Waals surface area contributed by atoms with E-state index in [4.69, 9.17) is 11.6 Å². The number of rotatable bonds is 4. The van der Waals surface area contributed by atoms with Gasteiger partial charge in [0.05, 0.1) is 0 Å². The smallest absolute Gasteiger partial charge is 0.324 e. The lowest BCUT2D eigenvalue weighted by Crippen LogP contribution is -2.49. The number of aryl methyl sites for hydroxylation is 1. The molecule has 0 radical (unpaired) electrons. The second-order valence-corrected chi connectivity index (χ2v) is 7.67. The Morgan fingerprint density at radius 2 is 2.04 bits per heavy atom. The second kappa shape index (κ2) is 7.27. The minimum absolute atomic E-state index is 0.283. The Morgan fingerprint density at radius 1 is 1.35 bits per heavy atom. The number of benzene rings is 1. The lowest BCUT2D eigenvalue weighted by atomic mass is 9.75. The third kappa shape index (κ3) is 3.56. The van der Waals surface area contributed by atoms with Crippen molar-refractivity contribution in [3.8, 4) is 0 Å². The summed E-state index contributed by atoms with van der Waals surface area (Å²) in [5.41, 5.74) is 0.620. The third-order valence-corrected chi connectivity index (χ3v) is 5.95. The number of carbonyl (C=O) groups is 3. The second-order valence-electron chi connectivity index (χ2n) is 7.27. The number of imide groups is 1. The van der Waals surface area contributed by atoms with Gasteiger partial charge >= 0.3 is 6.03 Å². The quantitative estimate of drug-likeness (QED) is 0.788. The van der Waals surface area contributed by atoms with Crippen molar-refractivity contribution in [1.29, 1.82) is 0 Å². The Hall–Kier alpha value is -2.08. The van der Waals surface area contributed by atoms with E-state index >= 15 is 0 Å². The summed E-state index contributed by atoms with van der Waals surface area (Å²) in [5.74, 6) is -0.101. The Kier molecular flexibility index (Phi) is 5.23. The van der Waals surface area contributed by atoms with Gasteiger partial charge in [0.2, 0.25) is 5.91 Å². The van der Waals surface area contributed by atoms with Crippen molar-refractivity contribution in [2.75, 3.05) is 11.9 Å². The van der Waals surface area contributed by atoms with Crippen LogP contribution in [0.4, 0.5) is 10.5 Å². The minimum Gasteiger partial charge on any atom is -0.324 e. The summed E-state index contributed by atoms with van der Waals surface area (Å²) in [6, 6.07) is 4.70. The molecule has 0 bridgehead atoms. The first-order valence-electron chi connectivity index (χ1n) is 9.05. The summed E-state index contributed by atoms with van der Waals surface area (Å²) in [7, 11) is 0. The van der Waals surface area contributed by atoms with Crippen molar-refractivity contribution >= 4 is 35.1 Å². The molecule has 7 heteroatoms. The van der Waals surface area contributed by atoms with Gasteiger partial charge in [-0.3, -0.25) is 14.5 Å². The first-order valence-corrected chi connectivity index (χ1v) is 9.42. The summed E-state index contributed by atoms with van der Waals surface area (Å²) >= 11 is 6.06. The van der Waals surface area contributed by atoms with Gasteiger partial charge in [-0.05, 0) is 56.2 Å². The molecule has 2 fully saturated rings. The topological polar surface area (TPSA) is 78.5 Å². The predicted molar refractivity (Wildman–Crippen MR) is 100 cm³/mol. The monoisotopic (exact) mass is 377 g/mol. The maximum Gasteiger partial charge on any atom is 0.325 e. The maximum atomic E-state index is 12.8. The van der Waals surface area contributed by atoms with Crippen molar-refractivity contribution in [2.45, 2.75) is 51.5 Å². The Labute approximate surface area is 158 Å². The summed E-state index contributed by atoms with van der Waals surface area (Å²) < 4.78 is 0. The highest BCUT2D eigenvalue weighted by Crippen LogP contribution is 2.37. The van der Waals surface area contributed by atoms with E-state index in [0.717, 1.165) is 29.7 Å². The average Bonchev–Trinajstić information content (AvgIpc) is 2.83. The molecule has 2 N–H and O–H groups in total. The van der Waals surface area contributed by atoms with Gasteiger partial charge in [0.15, 0.2) is 0 Å². The summed E-state index contributed by atoms with van der Waals surface area (Å²) in [6.07, 6.45) is 4.21. The van der Waals surface area contributed by atoms with Gasteiger partial charge in [0, 0.05) is 10.7 Å². The van der Waals surface area contributed by atoms with Crippen LogP contribution in [0.1, 0.15) is 44.6 Å². The maximum absolute atomic E-state index is 12.8. The van der Waals surface area contributed by atoms with Gasteiger partial charge in [-0.1, -0.05) is 31.0 Å². The van der Waals surface area contributed by atoms with Gasteiger partial charge in [-0.2, -0.15) is 0 Å². The normalized spacial score (nSPS) is 25.5. The average molecular weight is 378 g/mol. The van der Waals surface area contributed by atoms with E-state index in [-0.39, 0.29) is 12.5 Å². The molecule has 2 aliphatic rings. The van der Waals surface area contributed by atoms with Gasteiger partial charge in [0.1, 0.15) is 12.1 Å². The Bertz CT molecular complexity index is 742. The molecule has 1 spiro atoms. The van der Waals surface area contributed by atoms with Crippen molar-refractivity contribution in [1.82, 2.24) is 10.2 Å². The fourth-order valence-corrected chi connectivity index (χ4v) is 3.93. The number of hydrogen-bond donors (Lipinski definition) is 2. The summed E-state index contributed by atoms with van der Waals surface area (Å²) in [6.45, 7) is 3.72. The standard InChI is InChI=1S/C19H24ClN3O3/c1-3-13-6-8-19(9-7-13)17(25)23(18(26)22-19)11-16(24)21-14-5-4-12(2)15(20)10-14/h4-5,10,13H,3,6-9,11H2,1-2H3,(H,21,24)(H,22,26). The molecule has 0 unspecified atom stereocenters. The summed E-state index contributed by atoms with van der Waals surface area (Å²) in [4.78, 5) is 38.4. The van der Waals surface area contributed by atoms with Crippen molar-refractivity contribution < 1.29 is 14.4 Å².